The Bertz CT molecular complexity index is 102. The lowest BCUT2D eigenvalue weighted by molar-refractivity contribution is 0.0404. The Morgan fingerprint density at radius 3 is 1.50 bits per heavy atom. The molecule has 2 nitrogen and oxygen atoms in total. The van der Waals surface area contributed by atoms with E-state index in [1.807, 2.05) is 0 Å². The summed E-state index contributed by atoms with van der Waals surface area (Å²) in [7, 11) is 0. The van der Waals surface area contributed by atoms with Gasteiger partial charge in [-0.15, -0.1) is 0 Å². The first-order valence-corrected chi connectivity index (χ1v) is 4.41. The number of hydrogen-bond donors (Lipinski definition) is 1. The molecule has 0 saturated heterocycles. The fraction of sp³-hybridized carbons (Fsp3) is 1.00. The summed E-state index contributed by atoms with van der Waals surface area (Å²) >= 11 is 0. The zero-order chi connectivity index (χ0) is 6.97. The van der Waals surface area contributed by atoms with Gasteiger partial charge in [0, 0.05) is 12.1 Å². The zero-order valence-corrected chi connectivity index (χ0v) is 6.42. The molecule has 0 aromatic heterocycles. The van der Waals surface area contributed by atoms with Gasteiger partial charge in [-0.3, -0.25) is 5.84 Å². The Morgan fingerprint density at radius 2 is 1.30 bits per heavy atom. The average molecular weight is 140 g/mol. The summed E-state index contributed by atoms with van der Waals surface area (Å²) in [5.41, 5.74) is 0. The van der Waals surface area contributed by atoms with E-state index in [9.17, 15) is 0 Å². The summed E-state index contributed by atoms with van der Waals surface area (Å²) in [4.78, 5) is 0. The molecule has 0 aliphatic heterocycles. The van der Waals surface area contributed by atoms with Gasteiger partial charge in [-0.2, -0.15) is 0 Å². The number of hydrogen-bond acceptors (Lipinski definition) is 2. The van der Waals surface area contributed by atoms with Gasteiger partial charge in [0.25, 0.3) is 0 Å². The molecule has 0 unspecified atom stereocenters. The van der Waals surface area contributed by atoms with Crippen molar-refractivity contribution in [1.29, 1.82) is 0 Å². The molecule has 0 aromatic carbocycles. The Hall–Kier alpha value is -0.0800. The summed E-state index contributed by atoms with van der Waals surface area (Å²) in [6, 6.07) is 1.48. The second kappa shape index (κ2) is 2.51. The van der Waals surface area contributed by atoms with Crippen molar-refractivity contribution in [3.05, 3.63) is 0 Å². The first-order chi connectivity index (χ1) is 4.88. The van der Waals surface area contributed by atoms with Crippen molar-refractivity contribution in [3.63, 3.8) is 0 Å². The van der Waals surface area contributed by atoms with Gasteiger partial charge in [0.05, 0.1) is 0 Å². The molecule has 0 atom stereocenters. The molecule has 0 bridgehead atoms. The summed E-state index contributed by atoms with van der Waals surface area (Å²) in [5.74, 6) is 5.92. The minimum atomic E-state index is 0.741. The van der Waals surface area contributed by atoms with Crippen LogP contribution < -0.4 is 5.84 Å². The average Bonchev–Trinajstić information content (AvgIpc) is 1.52. The Kier molecular flexibility index (Phi) is 1.66. The largest absolute Gasteiger partial charge is 0.268 e. The molecule has 0 aromatic rings. The minimum Gasteiger partial charge on any atom is -0.268 e. The van der Waals surface area contributed by atoms with Crippen LogP contribution in [0.15, 0.2) is 0 Å². The highest BCUT2D eigenvalue weighted by atomic mass is 15.4. The van der Waals surface area contributed by atoms with E-state index in [4.69, 9.17) is 5.84 Å². The van der Waals surface area contributed by atoms with Gasteiger partial charge in [0.2, 0.25) is 0 Å². The quantitative estimate of drug-likeness (QED) is 0.462. The first kappa shape index (κ1) is 6.62. The monoisotopic (exact) mass is 140 g/mol. The predicted octanol–water partition coefficient (Wildman–Crippen LogP) is 1.27. The van der Waals surface area contributed by atoms with Crippen molar-refractivity contribution in [2.24, 2.45) is 5.84 Å². The predicted molar refractivity (Wildman–Crippen MR) is 41.3 cm³/mol. The SMILES string of the molecule is NN(C1CCC1)C1CCC1. The number of rotatable bonds is 2. The molecule has 0 amide bonds. The number of hydrazine groups is 1. The molecule has 10 heavy (non-hydrogen) atoms. The fourth-order valence-corrected chi connectivity index (χ4v) is 1.67. The van der Waals surface area contributed by atoms with E-state index in [1.54, 1.807) is 0 Å². The van der Waals surface area contributed by atoms with Crippen LogP contribution in [0.2, 0.25) is 0 Å². The Morgan fingerprint density at radius 1 is 0.900 bits per heavy atom. The third-order valence-corrected chi connectivity index (χ3v) is 2.99. The van der Waals surface area contributed by atoms with Gasteiger partial charge in [-0.1, -0.05) is 12.8 Å². The van der Waals surface area contributed by atoms with E-state index in [0.29, 0.717) is 0 Å². The molecule has 0 radical (unpaired) electrons. The van der Waals surface area contributed by atoms with E-state index < -0.39 is 0 Å². The van der Waals surface area contributed by atoms with Crippen LogP contribution in [0.5, 0.6) is 0 Å². The van der Waals surface area contributed by atoms with E-state index >= 15 is 0 Å². The molecule has 2 aliphatic rings. The van der Waals surface area contributed by atoms with Crippen molar-refractivity contribution < 1.29 is 0 Å². The standard InChI is InChI=1S/C8H16N2/c9-10(7-3-1-4-7)8-5-2-6-8/h7-8H,1-6,9H2. The van der Waals surface area contributed by atoms with Gasteiger partial charge in [0.1, 0.15) is 0 Å². The van der Waals surface area contributed by atoms with Gasteiger partial charge >= 0.3 is 0 Å². The molecular weight excluding hydrogens is 124 g/mol. The number of nitrogens with two attached hydrogens (primary N) is 1. The fourth-order valence-electron chi connectivity index (χ4n) is 1.67. The van der Waals surface area contributed by atoms with Crippen LogP contribution >= 0.6 is 0 Å². The van der Waals surface area contributed by atoms with E-state index in [2.05, 4.69) is 5.01 Å². The van der Waals surface area contributed by atoms with Crippen LogP contribution in [0.1, 0.15) is 38.5 Å². The van der Waals surface area contributed by atoms with Crippen molar-refractivity contribution in [3.8, 4) is 0 Å². The first-order valence-electron chi connectivity index (χ1n) is 4.41. The second-order valence-corrected chi connectivity index (χ2v) is 3.62. The van der Waals surface area contributed by atoms with Crippen molar-refractivity contribution in [2.45, 2.75) is 50.6 Å². The van der Waals surface area contributed by atoms with Crippen LogP contribution in [0.3, 0.4) is 0 Å². The van der Waals surface area contributed by atoms with Crippen molar-refractivity contribution in [2.75, 3.05) is 0 Å². The highest BCUT2D eigenvalue weighted by Crippen LogP contribution is 2.30. The van der Waals surface area contributed by atoms with E-state index in [1.165, 1.54) is 38.5 Å². The lowest BCUT2D eigenvalue weighted by atomic mass is 9.86. The maximum atomic E-state index is 5.92. The zero-order valence-electron chi connectivity index (χ0n) is 6.42. The van der Waals surface area contributed by atoms with Gasteiger partial charge in [-0.05, 0) is 25.7 Å². The third kappa shape index (κ3) is 0.956. The van der Waals surface area contributed by atoms with Crippen LogP contribution in [0.25, 0.3) is 0 Å². The molecule has 0 heterocycles. The molecule has 2 aliphatic carbocycles. The maximum absolute atomic E-state index is 5.92. The normalized spacial score (nSPS) is 28.2. The lowest BCUT2D eigenvalue weighted by Crippen LogP contribution is -2.53. The molecule has 58 valence electrons. The van der Waals surface area contributed by atoms with E-state index in [-0.39, 0.29) is 0 Å². The minimum absolute atomic E-state index is 0.741. The number of nitrogens with zero attached hydrogens (tertiary/aromatic N) is 1. The van der Waals surface area contributed by atoms with E-state index in [0.717, 1.165) is 12.1 Å². The van der Waals surface area contributed by atoms with Crippen LogP contribution in [-0.4, -0.2) is 17.1 Å². The van der Waals surface area contributed by atoms with Crippen molar-refractivity contribution >= 4 is 0 Å². The summed E-state index contributed by atoms with van der Waals surface area (Å²) in [6.07, 6.45) is 8.15. The highest BCUT2D eigenvalue weighted by Gasteiger charge is 2.31. The summed E-state index contributed by atoms with van der Waals surface area (Å²) in [6.45, 7) is 0. The summed E-state index contributed by atoms with van der Waals surface area (Å²) in [5, 5.41) is 2.12. The smallest absolute Gasteiger partial charge is 0.0244 e. The summed E-state index contributed by atoms with van der Waals surface area (Å²) < 4.78 is 0. The van der Waals surface area contributed by atoms with Gasteiger partial charge < -0.3 is 0 Å². The molecule has 2 heteroatoms. The van der Waals surface area contributed by atoms with Crippen LogP contribution in [0, 0.1) is 0 Å². The Balaban J connectivity index is 1.79. The second-order valence-electron chi connectivity index (χ2n) is 3.62. The lowest BCUT2D eigenvalue weighted by Gasteiger charge is -2.43. The maximum Gasteiger partial charge on any atom is 0.0244 e. The van der Waals surface area contributed by atoms with Gasteiger partial charge in [0.15, 0.2) is 0 Å². The van der Waals surface area contributed by atoms with Crippen LogP contribution in [0.4, 0.5) is 0 Å². The highest BCUT2D eigenvalue weighted by molar-refractivity contribution is 4.85. The Labute approximate surface area is 62.4 Å². The molecule has 2 saturated carbocycles. The molecule has 2 rings (SSSR count). The molecule has 0 spiro atoms. The topological polar surface area (TPSA) is 29.3 Å². The van der Waals surface area contributed by atoms with Crippen molar-refractivity contribution in [1.82, 2.24) is 5.01 Å². The molecular formula is C8H16N2. The van der Waals surface area contributed by atoms with Gasteiger partial charge in [-0.25, -0.2) is 5.01 Å². The van der Waals surface area contributed by atoms with Crippen LogP contribution in [-0.2, 0) is 0 Å². The third-order valence-electron chi connectivity index (χ3n) is 2.99. The molecule has 2 N–H and O–H groups in total. The molecule has 2 fully saturated rings.